The molecule has 2 rings (SSSR count). The topological polar surface area (TPSA) is 79.3 Å². The number of amides is 1. The second-order valence-electron chi connectivity index (χ2n) is 4.16. The van der Waals surface area contributed by atoms with Gasteiger partial charge in [0.1, 0.15) is 11.0 Å². The van der Waals surface area contributed by atoms with Crippen LogP contribution in [0.15, 0.2) is 22.9 Å². The molecule has 1 amide bonds. The molecular formula is C14H12N2O3S2. The smallest absolute Gasteiger partial charge is 0.327 e. The first kappa shape index (κ1) is 15.2. The van der Waals surface area contributed by atoms with Gasteiger partial charge >= 0.3 is 5.97 Å². The Morgan fingerprint density at radius 2 is 2.29 bits per heavy atom. The van der Waals surface area contributed by atoms with Crippen LogP contribution in [0.3, 0.4) is 0 Å². The van der Waals surface area contributed by atoms with Crippen LogP contribution in [0.1, 0.15) is 12.1 Å². The summed E-state index contributed by atoms with van der Waals surface area (Å²) in [4.78, 5) is 28.2. The van der Waals surface area contributed by atoms with Gasteiger partial charge < -0.3 is 10.4 Å². The lowest BCUT2D eigenvalue weighted by Crippen LogP contribution is -2.41. The number of carboxylic acids is 1. The maximum absolute atomic E-state index is 11.8. The summed E-state index contributed by atoms with van der Waals surface area (Å²) in [6.45, 7) is 0. The maximum Gasteiger partial charge on any atom is 0.327 e. The minimum absolute atomic E-state index is 0.0379. The van der Waals surface area contributed by atoms with E-state index in [1.165, 1.54) is 11.3 Å². The Balaban J connectivity index is 1.97. The van der Waals surface area contributed by atoms with E-state index < -0.39 is 17.9 Å². The number of rotatable bonds is 6. The van der Waals surface area contributed by atoms with Gasteiger partial charge in [0.2, 0.25) is 5.91 Å². The Morgan fingerprint density at radius 3 is 2.90 bits per heavy atom. The summed E-state index contributed by atoms with van der Waals surface area (Å²) in [5.41, 5.74) is 0.616. The van der Waals surface area contributed by atoms with E-state index in [0.29, 0.717) is 5.69 Å². The zero-order valence-electron chi connectivity index (χ0n) is 10.9. The van der Waals surface area contributed by atoms with Crippen molar-refractivity contribution >= 4 is 34.6 Å². The number of carbonyl (C=O) groups is 2. The summed E-state index contributed by atoms with van der Waals surface area (Å²) < 4.78 is 0. The third-order valence-electron chi connectivity index (χ3n) is 2.58. The van der Waals surface area contributed by atoms with Crippen molar-refractivity contribution in [2.75, 3.05) is 0 Å². The Morgan fingerprint density at radius 1 is 1.48 bits per heavy atom. The van der Waals surface area contributed by atoms with Gasteiger partial charge in [0, 0.05) is 11.8 Å². The van der Waals surface area contributed by atoms with Crippen LogP contribution in [-0.4, -0.2) is 28.0 Å². The lowest BCUT2D eigenvalue weighted by molar-refractivity contribution is -0.141. The van der Waals surface area contributed by atoms with E-state index in [0.717, 1.165) is 9.88 Å². The first-order chi connectivity index (χ1) is 10.1. The predicted octanol–water partition coefficient (Wildman–Crippen LogP) is 2.01. The number of hydrogen-bond acceptors (Lipinski definition) is 5. The van der Waals surface area contributed by atoms with Gasteiger partial charge in [-0.25, -0.2) is 9.78 Å². The molecule has 2 aromatic heterocycles. The van der Waals surface area contributed by atoms with E-state index in [1.54, 1.807) is 16.7 Å². The molecule has 0 radical (unpaired) electrons. The number of hydrogen-bond donors (Lipinski definition) is 2. The highest BCUT2D eigenvalue weighted by molar-refractivity contribution is 7.20. The predicted molar refractivity (Wildman–Crippen MR) is 82.1 cm³/mol. The van der Waals surface area contributed by atoms with Crippen LogP contribution in [0.25, 0.3) is 9.88 Å². The molecule has 0 bridgehead atoms. The van der Waals surface area contributed by atoms with E-state index in [-0.39, 0.29) is 12.8 Å². The van der Waals surface area contributed by atoms with E-state index >= 15 is 0 Å². The van der Waals surface area contributed by atoms with E-state index in [1.807, 2.05) is 17.5 Å². The fourth-order valence-corrected chi connectivity index (χ4v) is 3.26. The third kappa shape index (κ3) is 4.15. The molecule has 2 N–H and O–H groups in total. The fourth-order valence-electron chi connectivity index (χ4n) is 1.63. The number of aromatic nitrogens is 1. The molecule has 1 atom stereocenters. The van der Waals surface area contributed by atoms with Gasteiger partial charge in [0.05, 0.1) is 17.0 Å². The molecule has 2 heterocycles. The Kier molecular flexibility index (Phi) is 5.09. The molecule has 0 aliphatic heterocycles. The van der Waals surface area contributed by atoms with Crippen LogP contribution in [0, 0.1) is 12.3 Å². The summed E-state index contributed by atoms with van der Waals surface area (Å²) in [6.07, 6.45) is 5.07. The van der Waals surface area contributed by atoms with Crippen molar-refractivity contribution in [3.63, 3.8) is 0 Å². The monoisotopic (exact) mass is 320 g/mol. The molecule has 21 heavy (non-hydrogen) atoms. The Bertz CT molecular complexity index is 671. The minimum Gasteiger partial charge on any atom is -0.480 e. The van der Waals surface area contributed by atoms with Crippen LogP contribution in [0.2, 0.25) is 0 Å². The number of thiazole rings is 1. The summed E-state index contributed by atoms with van der Waals surface area (Å²) >= 11 is 3.03. The second kappa shape index (κ2) is 7.02. The average Bonchev–Trinajstić information content (AvgIpc) is 3.08. The number of terminal acetylenes is 1. The highest BCUT2D eigenvalue weighted by atomic mass is 32.1. The van der Waals surface area contributed by atoms with E-state index in [4.69, 9.17) is 11.5 Å². The van der Waals surface area contributed by atoms with Crippen molar-refractivity contribution in [3.8, 4) is 22.2 Å². The molecule has 7 heteroatoms. The molecule has 1 unspecified atom stereocenters. The molecule has 0 aromatic carbocycles. The molecule has 5 nitrogen and oxygen atoms in total. The normalized spacial score (nSPS) is 11.6. The van der Waals surface area contributed by atoms with Gasteiger partial charge in [-0.2, -0.15) is 0 Å². The van der Waals surface area contributed by atoms with Gasteiger partial charge in [-0.15, -0.1) is 35.0 Å². The minimum atomic E-state index is -1.14. The molecule has 0 spiro atoms. The van der Waals surface area contributed by atoms with Crippen molar-refractivity contribution in [1.29, 1.82) is 0 Å². The van der Waals surface area contributed by atoms with Crippen molar-refractivity contribution < 1.29 is 14.7 Å². The van der Waals surface area contributed by atoms with Gasteiger partial charge in [0.15, 0.2) is 0 Å². The van der Waals surface area contributed by atoms with Crippen molar-refractivity contribution in [2.45, 2.75) is 18.9 Å². The first-order valence-corrected chi connectivity index (χ1v) is 7.80. The van der Waals surface area contributed by atoms with Crippen molar-refractivity contribution in [3.05, 3.63) is 28.6 Å². The quantitative estimate of drug-likeness (QED) is 0.798. The summed E-state index contributed by atoms with van der Waals surface area (Å²) in [7, 11) is 0. The van der Waals surface area contributed by atoms with E-state index in [9.17, 15) is 9.59 Å². The lowest BCUT2D eigenvalue weighted by Gasteiger charge is -2.10. The number of carbonyl (C=O) groups excluding carboxylic acids is 1. The zero-order valence-corrected chi connectivity index (χ0v) is 12.5. The Labute approximate surface area is 129 Å². The van der Waals surface area contributed by atoms with Crippen molar-refractivity contribution in [1.82, 2.24) is 10.3 Å². The number of carboxylic acid groups (broad SMARTS) is 1. The van der Waals surface area contributed by atoms with Crippen molar-refractivity contribution in [2.24, 2.45) is 0 Å². The summed E-state index contributed by atoms with van der Waals surface area (Å²) in [6, 6.07) is 2.84. The Hall–Kier alpha value is -2.17. The molecular weight excluding hydrogens is 308 g/mol. The molecule has 0 saturated carbocycles. The van der Waals surface area contributed by atoms with Crippen LogP contribution in [0.5, 0.6) is 0 Å². The number of nitrogens with zero attached hydrogens (tertiary/aromatic N) is 1. The van der Waals surface area contributed by atoms with Gasteiger partial charge in [0.25, 0.3) is 0 Å². The fraction of sp³-hybridized carbons (Fsp3) is 0.214. The number of aliphatic carboxylic acids is 1. The summed E-state index contributed by atoms with van der Waals surface area (Å²) in [5, 5.41) is 15.9. The first-order valence-electron chi connectivity index (χ1n) is 6.04. The largest absolute Gasteiger partial charge is 0.480 e. The SMILES string of the molecule is C#CCC(NC(=O)Cc1csc(-c2cccs2)n1)C(=O)O. The van der Waals surface area contributed by atoms with E-state index in [2.05, 4.69) is 16.2 Å². The second-order valence-corrected chi connectivity index (χ2v) is 5.97. The number of thiophene rings is 1. The lowest BCUT2D eigenvalue weighted by atomic mass is 10.2. The molecule has 0 aliphatic rings. The van der Waals surface area contributed by atoms with Gasteiger partial charge in [-0.1, -0.05) is 6.07 Å². The maximum atomic E-state index is 11.8. The molecule has 0 aliphatic carbocycles. The standard InChI is InChI=1S/C14H12N2O3S2/c1-2-4-10(14(18)19)16-12(17)7-9-8-21-13(15-9)11-5-3-6-20-11/h1,3,5-6,8,10H,4,7H2,(H,16,17)(H,18,19). The van der Waals surface area contributed by atoms with Gasteiger partial charge in [-0.3, -0.25) is 4.79 Å². The zero-order chi connectivity index (χ0) is 15.2. The number of nitrogens with one attached hydrogen (secondary N) is 1. The average molecular weight is 320 g/mol. The molecule has 2 aromatic rings. The van der Waals surface area contributed by atoms with Crippen LogP contribution in [0.4, 0.5) is 0 Å². The van der Waals surface area contributed by atoms with Crippen LogP contribution >= 0.6 is 22.7 Å². The van der Waals surface area contributed by atoms with Crippen LogP contribution < -0.4 is 5.32 Å². The molecule has 0 fully saturated rings. The highest BCUT2D eigenvalue weighted by Gasteiger charge is 2.19. The highest BCUT2D eigenvalue weighted by Crippen LogP contribution is 2.27. The molecule has 108 valence electrons. The third-order valence-corrected chi connectivity index (χ3v) is 4.51. The van der Waals surface area contributed by atoms with Gasteiger partial charge in [-0.05, 0) is 11.4 Å². The molecule has 0 saturated heterocycles. The summed E-state index contributed by atoms with van der Waals surface area (Å²) in [5.74, 6) is 0.691. The van der Waals surface area contributed by atoms with Crippen LogP contribution in [-0.2, 0) is 16.0 Å².